The molecule has 0 atom stereocenters. The Bertz CT molecular complexity index is 1010. The molecule has 0 aliphatic carbocycles. The predicted molar refractivity (Wildman–Crippen MR) is 121 cm³/mol. The Hall–Kier alpha value is -2.69. The van der Waals surface area contributed by atoms with Gasteiger partial charge in [-0.05, 0) is 47.9 Å². The van der Waals surface area contributed by atoms with Gasteiger partial charge in [-0.15, -0.1) is 0 Å². The molecular formula is C24H23Cl2NO3. The summed E-state index contributed by atoms with van der Waals surface area (Å²) >= 11 is 12.3. The van der Waals surface area contributed by atoms with Crippen LogP contribution in [0, 0.1) is 0 Å². The zero-order valence-corrected chi connectivity index (χ0v) is 18.4. The van der Waals surface area contributed by atoms with E-state index in [0.717, 1.165) is 11.1 Å². The maximum atomic E-state index is 13.3. The Morgan fingerprint density at radius 3 is 2.27 bits per heavy atom. The molecule has 0 bridgehead atoms. The van der Waals surface area contributed by atoms with Gasteiger partial charge in [0.05, 0.1) is 24.8 Å². The van der Waals surface area contributed by atoms with E-state index in [4.69, 9.17) is 32.7 Å². The monoisotopic (exact) mass is 443 g/mol. The summed E-state index contributed by atoms with van der Waals surface area (Å²) in [5.41, 5.74) is 2.52. The second-order valence-electron chi connectivity index (χ2n) is 6.78. The van der Waals surface area contributed by atoms with E-state index in [1.54, 1.807) is 37.3 Å². The summed E-state index contributed by atoms with van der Waals surface area (Å²) in [6, 6.07) is 20.6. The fraction of sp³-hybridized carbons (Fsp3) is 0.208. The van der Waals surface area contributed by atoms with Gasteiger partial charge in [0.15, 0.2) is 11.5 Å². The normalized spacial score (nSPS) is 10.5. The number of carbonyl (C=O) groups is 1. The SMILES string of the molecule is COc1ccc(CCN(Cc2ccccc2)C(=O)c2ccc(Cl)cc2Cl)cc1OC. The highest BCUT2D eigenvalue weighted by Crippen LogP contribution is 2.28. The molecule has 3 aromatic carbocycles. The average Bonchev–Trinajstić information content (AvgIpc) is 2.76. The Labute approximate surface area is 186 Å². The van der Waals surface area contributed by atoms with Gasteiger partial charge in [0.1, 0.15) is 0 Å². The lowest BCUT2D eigenvalue weighted by atomic mass is 10.1. The summed E-state index contributed by atoms with van der Waals surface area (Å²) in [6.07, 6.45) is 0.657. The summed E-state index contributed by atoms with van der Waals surface area (Å²) in [5, 5.41) is 0.841. The number of amides is 1. The smallest absolute Gasteiger partial charge is 0.255 e. The zero-order chi connectivity index (χ0) is 21.5. The standard InChI is InChI=1S/C24H23Cl2NO3/c1-29-22-11-8-17(14-23(22)30-2)12-13-27(16-18-6-4-3-5-7-18)24(28)20-10-9-19(25)15-21(20)26/h3-11,14-15H,12-13,16H2,1-2H3. The van der Waals surface area contributed by atoms with Crippen LogP contribution in [0.25, 0.3) is 0 Å². The Morgan fingerprint density at radius 2 is 1.60 bits per heavy atom. The van der Waals surface area contributed by atoms with Gasteiger partial charge in [0.2, 0.25) is 0 Å². The van der Waals surface area contributed by atoms with E-state index < -0.39 is 0 Å². The van der Waals surface area contributed by atoms with Crippen molar-refractivity contribution >= 4 is 29.1 Å². The molecule has 30 heavy (non-hydrogen) atoms. The minimum Gasteiger partial charge on any atom is -0.493 e. The number of carbonyl (C=O) groups excluding carboxylic acids is 1. The number of halogens is 2. The summed E-state index contributed by atoms with van der Waals surface area (Å²) < 4.78 is 10.7. The van der Waals surface area contributed by atoms with Crippen LogP contribution in [0.2, 0.25) is 10.0 Å². The van der Waals surface area contributed by atoms with Crippen LogP contribution in [0.4, 0.5) is 0 Å². The van der Waals surface area contributed by atoms with E-state index in [2.05, 4.69) is 0 Å². The molecule has 0 aliphatic heterocycles. The molecule has 0 aromatic heterocycles. The van der Waals surface area contributed by atoms with Crippen LogP contribution in [0.1, 0.15) is 21.5 Å². The van der Waals surface area contributed by atoms with Gasteiger partial charge in [-0.1, -0.05) is 59.6 Å². The van der Waals surface area contributed by atoms with Gasteiger partial charge in [0, 0.05) is 18.1 Å². The molecule has 0 fully saturated rings. The number of hydrogen-bond donors (Lipinski definition) is 0. The lowest BCUT2D eigenvalue weighted by Crippen LogP contribution is -2.32. The minimum atomic E-state index is -0.138. The molecule has 1 amide bonds. The molecule has 0 saturated carbocycles. The van der Waals surface area contributed by atoms with Crippen LogP contribution in [0.15, 0.2) is 66.7 Å². The van der Waals surface area contributed by atoms with Crippen LogP contribution in [0.3, 0.4) is 0 Å². The van der Waals surface area contributed by atoms with Crippen LogP contribution >= 0.6 is 23.2 Å². The maximum absolute atomic E-state index is 13.3. The van der Waals surface area contributed by atoms with Gasteiger partial charge < -0.3 is 14.4 Å². The number of hydrogen-bond acceptors (Lipinski definition) is 3. The quantitative estimate of drug-likeness (QED) is 0.435. The van der Waals surface area contributed by atoms with Crippen molar-refractivity contribution in [1.82, 2.24) is 4.90 Å². The number of methoxy groups -OCH3 is 2. The molecule has 6 heteroatoms. The lowest BCUT2D eigenvalue weighted by Gasteiger charge is -2.24. The molecule has 0 N–H and O–H groups in total. The van der Waals surface area contributed by atoms with Crippen molar-refractivity contribution in [2.24, 2.45) is 0 Å². The maximum Gasteiger partial charge on any atom is 0.255 e. The molecule has 4 nitrogen and oxygen atoms in total. The van der Waals surface area contributed by atoms with Gasteiger partial charge >= 0.3 is 0 Å². The predicted octanol–water partition coefficient (Wildman–Crippen LogP) is 5.90. The average molecular weight is 444 g/mol. The van der Waals surface area contributed by atoms with Crippen molar-refractivity contribution in [3.8, 4) is 11.5 Å². The van der Waals surface area contributed by atoms with E-state index >= 15 is 0 Å². The Balaban J connectivity index is 1.83. The molecule has 0 spiro atoms. The summed E-state index contributed by atoms with van der Waals surface area (Å²) in [7, 11) is 3.21. The van der Waals surface area contributed by atoms with E-state index in [9.17, 15) is 4.79 Å². The third-order valence-electron chi connectivity index (χ3n) is 4.78. The number of nitrogens with zero attached hydrogens (tertiary/aromatic N) is 1. The molecule has 0 radical (unpaired) electrons. The van der Waals surface area contributed by atoms with Gasteiger partial charge in [-0.2, -0.15) is 0 Å². The molecule has 156 valence electrons. The highest BCUT2D eigenvalue weighted by Gasteiger charge is 2.19. The first-order valence-electron chi connectivity index (χ1n) is 9.51. The first-order valence-corrected chi connectivity index (χ1v) is 10.3. The van der Waals surface area contributed by atoms with Crippen LogP contribution in [-0.2, 0) is 13.0 Å². The Morgan fingerprint density at radius 1 is 0.867 bits per heavy atom. The van der Waals surface area contributed by atoms with E-state index in [-0.39, 0.29) is 5.91 Å². The third kappa shape index (κ3) is 5.47. The summed E-state index contributed by atoms with van der Waals surface area (Å²) in [4.78, 5) is 15.1. The molecule has 0 unspecified atom stereocenters. The lowest BCUT2D eigenvalue weighted by molar-refractivity contribution is 0.0745. The van der Waals surface area contributed by atoms with Crippen LogP contribution < -0.4 is 9.47 Å². The number of benzene rings is 3. The molecule has 3 aromatic rings. The highest BCUT2D eigenvalue weighted by molar-refractivity contribution is 6.36. The van der Waals surface area contributed by atoms with Crippen molar-refractivity contribution in [2.75, 3.05) is 20.8 Å². The molecule has 3 rings (SSSR count). The largest absolute Gasteiger partial charge is 0.493 e. The molecule has 0 aliphatic rings. The van der Waals surface area contributed by atoms with Crippen molar-refractivity contribution < 1.29 is 14.3 Å². The third-order valence-corrected chi connectivity index (χ3v) is 5.33. The highest BCUT2D eigenvalue weighted by atomic mass is 35.5. The minimum absolute atomic E-state index is 0.138. The van der Waals surface area contributed by atoms with Crippen molar-refractivity contribution in [3.05, 3.63) is 93.5 Å². The van der Waals surface area contributed by atoms with Crippen LogP contribution in [0.5, 0.6) is 11.5 Å². The van der Waals surface area contributed by atoms with E-state index in [1.165, 1.54) is 0 Å². The Kier molecular flexibility index (Phi) is 7.61. The first kappa shape index (κ1) is 22.0. The molecular weight excluding hydrogens is 421 g/mol. The molecule has 0 heterocycles. The topological polar surface area (TPSA) is 38.8 Å². The van der Waals surface area contributed by atoms with Crippen molar-refractivity contribution in [3.63, 3.8) is 0 Å². The zero-order valence-electron chi connectivity index (χ0n) is 16.9. The molecule has 0 saturated heterocycles. The second-order valence-corrected chi connectivity index (χ2v) is 7.62. The summed E-state index contributed by atoms with van der Waals surface area (Å²) in [5.74, 6) is 1.20. The fourth-order valence-corrected chi connectivity index (χ4v) is 3.68. The fourth-order valence-electron chi connectivity index (χ4n) is 3.19. The van der Waals surface area contributed by atoms with Gasteiger partial charge in [0.25, 0.3) is 5.91 Å². The first-order chi connectivity index (χ1) is 14.5. The summed E-state index contributed by atoms with van der Waals surface area (Å²) in [6.45, 7) is 0.994. The van der Waals surface area contributed by atoms with Gasteiger partial charge in [-0.25, -0.2) is 0 Å². The second kappa shape index (κ2) is 10.4. The van der Waals surface area contributed by atoms with E-state index in [1.807, 2.05) is 48.5 Å². The number of rotatable bonds is 8. The van der Waals surface area contributed by atoms with Crippen molar-refractivity contribution in [1.29, 1.82) is 0 Å². The van der Waals surface area contributed by atoms with Gasteiger partial charge in [-0.3, -0.25) is 4.79 Å². The van der Waals surface area contributed by atoms with Crippen LogP contribution in [-0.4, -0.2) is 31.6 Å². The van der Waals surface area contributed by atoms with Crippen molar-refractivity contribution in [2.45, 2.75) is 13.0 Å². The van der Waals surface area contributed by atoms with E-state index in [0.29, 0.717) is 46.6 Å². The number of ether oxygens (including phenoxy) is 2.